The van der Waals surface area contributed by atoms with Crippen LogP contribution in [0.25, 0.3) is 0 Å². The maximum Gasteiger partial charge on any atom is 0.146 e. The lowest BCUT2D eigenvalue weighted by molar-refractivity contribution is -0.116. The van der Waals surface area contributed by atoms with Crippen LogP contribution in [0, 0.1) is 0 Å². The van der Waals surface area contributed by atoms with Crippen LogP contribution in [0.3, 0.4) is 0 Å². The van der Waals surface area contributed by atoms with Crippen molar-refractivity contribution in [3.05, 3.63) is 18.2 Å². The molecule has 1 aromatic rings. The largest absolute Gasteiger partial charge is 0.506 e. The fraction of sp³-hybridized carbons (Fsp3) is 0.600. The Kier molecular flexibility index (Phi) is 3.98. The van der Waals surface area contributed by atoms with Crippen LogP contribution in [-0.2, 0) is 4.74 Å². The van der Waals surface area contributed by atoms with Crippen molar-refractivity contribution in [1.29, 1.82) is 0 Å². The fourth-order valence-electron chi connectivity index (χ4n) is 2.99. The van der Waals surface area contributed by atoms with E-state index < -0.39 is 0 Å². The molecule has 110 valence electrons. The fourth-order valence-corrected chi connectivity index (χ4v) is 4.23. The molecule has 4 nitrogen and oxygen atoms in total. The lowest BCUT2D eigenvalue weighted by Crippen LogP contribution is -2.46. The number of nitrogens with two attached hydrogens (primary N) is 1. The number of para-hydroxylation sites is 1. The van der Waals surface area contributed by atoms with Crippen molar-refractivity contribution in [2.45, 2.75) is 37.4 Å². The lowest BCUT2D eigenvalue weighted by Gasteiger charge is -2.43. The number of anilines is 1. The Balaban J connectivity index is 1.69. The minimum absolute atomic E-state index is 0.000244. The molecule has 0 aliphatic carbocycles. The van der Waals surface area contributed by atoms with E-state index in [4.69, 9.17) is 15.2 Å². The quantitative estimate of drug-likeness (QED) is 0.649. The van der Waals surface area contributed by atoms with E-state index in [1.807, 2.05) is 17.8 Å². The number of thioether (sulfide) groups is 1. The number of aromatic hydroxyl groups is 1. The van der Waals surface area contributed by atoms with E-state index in [1.165, 1.54) is 11.5 Å². The lowest BCUT2D eigenvalue weighted by atomic mass is 9.86. The van der Waals surface area contributed by atoms with Gasteiger partial charge in [0.25, 0.3) is 0 Å². The zero-order chi connectivity index (χ0) is 14.0. The molecule has 1 aromatic carbocycles. The minimum Gasteiger partial charge on any atom is -0.506 e. The van der Waals surface area contributed by atoms with Crippen LogP contribution in [0.4, 0.5) is 5.69 Å². The first kappa shape index (κ1) is 13.9. The highest BCUT2D eigenvalue weighted by molar-refractivity contribution is 7.99. The summed E-state index contributed by atoms with van der Waals surface area (Å²) in [6.07, 6.45) is 4.13. The summed E-state index contributed by atoms with van der Waals surface area (Å²) in [5.74, 6) is 3.00. The van der Waals surface area contributed by atoms with Gasteiger partial charge in [-0.15, -0.1) is 0 Å². The van der Waals surface area contributed by atoms with Crippen molar-refractivity contribution in [1.82, 2.24) is 0 Å². The molecule has 0 bridgehead atoms. The Bertz CT molecular complexity index is 469. The Morgan fingerprint density at radius 3 is 2.95 bits per heavy atom. The molecular formula is C15H21NO3S. The van der Waals surface area contributed by atoms with Crippen molar-refractivity contribution < 1.29 is 14.6 Å². The standard InChI is InChI=1S/C15H21NO3S/c16-14-12(17)2-1-3-13(14)19-11-4-7-18-15(10-11)5-8-20-9-6-15/h1-3,11,17H,4-10,16H2. The van der Waals surface area contributed by atoms with Crippen LogP contribution in [0.1, 0.15) is 25.7 Å². The third kappa shape index (κ3) is 2.83. The van der Waals surface area contributed by atoms with E-state index in [0.717, 1.165) is 32.3 Å². The third-order valence-electron chi connectivity index (χ3n) is 4.19. The topological polar surface area (TPSA) is 64.7 Å². The monoisotopic (exact) mass is 295 g/mol. The second-order valence-corrected chi connectivity index (χ2v) is 6.79. The van der Waals surface area contributed by atoms with E-state index in [-0.39, 0.29) is 17.5 Å². The van der Waals surface area contributed by atoms with Gasteiger partial charge in [-0.1, -0.05) is 6.07 Å². The molecule has 1 atom stereocenters. The second-order valence-electron chi connectivity index (χ2n) is 5.57. The van der Waals surface area contributed by atoms with Crippen LogP contribution in [0.2, 0.25) is 0 Å². The summed E-state index contributed by atoms with van der Waals surface area (Å²) >= 11 is 2.00. The van der Waals surface area contributed by atoms with E-state index >= 15 is 0 Å². The molecule has 2 saturated heterocycles. The zero-order valence-electron chi connectivity index (χ0n) is 11.5. The summed E-state index contributed by atoms with van der Waals surface area (Å²) in [5, 5.41) is 9.64. The number of benzene rings is 1. The Morgan fingerprint density at radius 2 is 2.15 bits per heavy atom. The molecule has 2 aliphatic heterocycles. The molecule has 2 aliphatic rings. The normalized spacial score (nSPS) is 25.5. The smallest absolute Gasteiger partial charge is 0.146 e. The molecule has 2 heterocycles. The van der Waals surface area contributed by atoms with Gasteiger partial charge in [-0.3, -0.25) is 0 Å². The van der Waals surface area contributed by atoms with Gasteiger partial charge >= 0.3 is 0 Å². The van der Waals surface area contributed by atoms with Gasteiger partial charge in [0.2, 0.25) is 0 Å². The van der Waals surface area contributed by atoms with Gasteiger partial charge in [0.15, 0.2) is 0 Å². The van der Waals surface area contributed by atoms with Gasteiger partial charge in [-0.05, 0) is 36.5 Å². The number of nitrogen functional groups attached to an aromatic ring is 1. The van der Waals surface area contributed by atoms with E-state index in [9.17, 15) is 5.11 Å². The summed E-state index contributed by atoms with van der Waals surface area (Å²) in [4.78, 5) is 0. The molecule has 0 radical (unpaired) electrons. The molecule has 1 unspecified atom stereocenters. The Hall–Kier alpha value is -1.07. The molecule has 20 heavy (non-hydrogen) atoms. The highest BCUT2D eigenvalue weighted by Crippen LogP contribution is 2.40. The molecule has 5 heteroatoms. The molecular weight excluding hydrogens is 274 g/mol. The molecule has 0 amide bonds. The van der Waals surface area contributed by atoms with Crippen LogP contribution in [0.5, 0.6) is 11.5 Å². The van der Waals surface area contributed by atoms with Crippen molar-refractivity contribution in [3.8, 4) is 11.5 Å². The summed E-state index contributed by atoms with van der Waals surface area (Å²) in [6.45, 7) is 0.744. The molecule has 1 spiro atoms. The van der Waals surface area contributed by atoms with Crippen LogP contribution >= 0.6 is 11.8 Å². The highest BCUT2D eigenvalue weighted by Gasteiger charge is 2.39. The number of phenols is 1. The average molecular weight is 295 g/mol. The molecule has 0 aromatic heterocycles. The van der Waals surface area contributed by atoms with E-state index in [0.29, 0.717) is 11.4 Å². The molecule has 3 N–H and O–H groups in total. The number of phenolic OH excluding ortho intramolecular Hbond substituents is 1. The van der Waals surface area contributed by atoms with Crippen molar-refractivity contribution in [3.63, 3.8) is 0 Å². The molecule has 3 rings (SSSR count). The third-order valence-corrected chi connectivity index (χ3v) is 5.17. The first-order valence-corrected chi connectivity index (χ1v) is 8.30. The number of rotatable bonds is 2. The van der Waals surface area contributed by atoms with Crippen LogP contribution in [0.15, 0.2) is 18.2 Å². The van der Waals surface area contributed by atoms with Crippen LogP contribution < -0.4 is 10.5 Å². The van der Waals surface area contributed by atoms with E-state index in [2.05, 4.69) is 0 Å². The first-order valence-electron chi connectivity index (χ1n) is 7.14. The Morgan fingerprint density at radius 1 is 1.35 bits per heavy atom. The van der Waals surface area contributed by atoms with Gasteiger partial charge in [0.05, 0.1) is 12.2 Å². The number of ether oxygens (including phenoxy) is 2. The first-order chi connectivity index (χ1) is 9.69. The maximum atomic E-state index is 9.64. The molecule has 0 saturated carbocycles. The van der Waals surface area contributed by atoms with Crippen molar-refractivity contribution in [2.24, 2.45) is 0 Å². The van der Waals surface area contributed by atoms with Gasteiger partial charge in [0.1, 0.15) is 23.3 Å². The number of hydrogen-bond donors (Lipinski definition) is 2. The molecule has 2 fully saturated rings. The van der Waals surface area contributed by atoms with Gasteiger partial charge in [-0.2, -0.15) is 11.8 Å². The zero-order valence-corrected chi connectivity index (χ0v) is 12.3. The summed E-state index contributed by atoms with van der Waals surface area (Å²) in [5.41, 5.74) is 6.19. The second kappa shape index (κ2) is 5.74. The van der Waals surface area contributed by atoms with Gasteiger partial charge < -0.3 is 20.3 Å². The predicted molar refractivity (Wildman–Crippen MR) is 81.4 cm³/mol. The summed E-state index contributed by atoms with van der Waals surface area (Å²) in [7, 11) is 0. The summed E-state index contributed by atoms with van der Waals surface area (Å²) in [6, 6.07) is 5.15. The van der Waals surface area contributed by atoms with Crippen molar-refractivity contribution >= 4 is 17.4 Å². The average Bonchev–Trinajstić information content (AvgIpc) is 2.45. The van der Waals surface area contributed by atoms with Crippen molar-refractivity contribution in [2.75, 3.05) is 23.8 Å². The highest BCUT2D eigenvalue weighted by atomic mass is 32.2. The van der Waals surface area contributed by atoms with Gasteiger partial charge in [-0.25, -0.2) is 0 Å². The summed E-state index contributed by atoms with van der Waals surface area (Å²) < 4.78 is 12.1. The van der Waals surface area contributed by atoms with Crippen LogP contribution in [-0.4, -0.2) is 34.9 Å². The minimum atomic E-state index is -0.000244. The van der Waals surface area contributed by atoms with Gasteiger partial charge in [0, 0.05) is 12.8 Å². The maximum absolute atomic E-state index is 9.64. The Labute approximate surface area is 123 Å². The SMILES string of the molecule is Nc1c(O)cccc1OC1CCOC2(CCSCC2)C1. The number of hydrogen-bond acceptors (Lipinski definition) is 5. The predicted octanol–water partition coefficient (Wildman–Crippen LogP) is 2.80. The van der Waals surface area contributed by atoms with E-state index in [1.54, 1.807) is 12.1 Å².